The lowest BCUT2D eigenvalue weighted by Crippen LogP contribution is -2.59. The van der Waals surface area contributed by atoms with E-state index >= 15 is 0 Å². The van der Waals surface area contributed by atoms with Gasteiger partial charge in [-0.15, -0.1) is 24.9 Å². The Kier molecular flexibility index (Phi) is 11.0. The Bertz CT molecular complexity index is 900. The van der Waals surface area contributed by atoms with Crippen LogP contribution in [0.4, 0.5) is 0 Å². The average molecular weight is 614 g/mol. The van der Waals surface area contributed by atoms with Crippen LogP contribution in [0.1, 0.15) is 66.2 Å². The van der Waals surface area contributed by atoms with Crippen molar-refractivity contribution in [2.24, 2.45) is 17.8 Å². The lowest BCUT2D eigenvalue weighted by atomic mass is 9.71. The van der Waals surface area contributed by atoms with Crippen LogP contribution in [0.2, 0.25) is 0 Å². The highest BCUT2D eigenvalue weighted by molar-refractivity contribution is 9.09. The summed E-state index contributed by atoms with van der Waals surface area (Å²) < 4.78 is 4.96. The van der Waals surface area contributed by atoms with Crippen LogP contribution in [-0.2, 0) is 19.1 Å². The van der Waals surface area contributed by atoms with Gasteiger partial charge < -0.3 is 19.6 Å². The number of carbonyl (C=O) groups is 3. The molecular weight excluding hydrogens is 568 g/mol. The minimum atomic E-state index is -0.765. The Balaban J connectivity index is 2.02. The molecule has 3 saturated heterocycles. The van der Waals surface area contributed by atoms with Crippen molar-refractivity contribution in [3.8, 4) is 0 Å². The van der Waals surface area contributed by atoms with Crippen molar-refractivity contribution in [2.75, 3.05) is 19.8 Å². The van der Waals surface area contributed by atoms with E-state index in [9.17, 15) is 19.5 Å². The van der Waals surface area contributed by atoms with Gasteiger partial charge in [0.25, 0.3) is 0 Å². The highest BCUT2D eigenvalue weighted by Crippen LogP contribution is 2.68. The number of nitrogens with zero attached hydrogens (tertiary/aromatic N) is 2. The predicted octanol–water partition coefficient (Wildman–Crippen LogP) is 4.57. The number of allylic oxidation sites excluding steroid dienone is 1. The van der Waals surface area contributed by atoms with E-state index in [-0.39, 0.29) is 46.4 Å². The van der Waals surface area contributed by atoms with Crippen LogP contribution in [0.5, 0.6) is 0 Å². The molecule has 3 fully saturated rings. The Morgan fingerprint density at radius 2 is 2.00 bits per heavy atom. The number of esters is 1. The van der Waals surface area contributed by atoms with Crippen LogP contribution in [-0.4, -0.2) is 85.4 Å². The molecule has 214 valence electrons. The predicted molar refractivity (Wildman–Crippen MR) is 156 cm³/mol. The molecule has 1 spiro atoms. The second kappa shape index (κ2) is 13.4. The average Bonchev–Trinajstić information content (AvgIpc) is 3.46. The fourth-order valence-electron chi connectivity index (χ4n) is 6.61. The van der Waals surface area contributed by atoms with Crippen molar-refractivity contribution in [1.82, 2.24) is 9.80 Å². The number of likely N-dealkylation sites (tertiary alicyclic amines) is 1. The minimum Gasteiger partial charge on any atom is -0.465 e. The van der Waals surface area contributed by atoms with Crippen LogP contribution in [0.15, 0.2) is 25.3 Å². The molecule has 0 saturated carbocycles. The number of unbranched alkanes of at least 4 members (excludes halogenated alkanes) is 2. The Labute approximate surface area is 240 Å². The van der Waals surface area contributed by atoms with E-state index < -0.39 is 28.7 Å². The van der Waals surface area contributed by atoms with E-state index in [1.54, 1.807) is 22.7 Å². The molecule has 2 amide bonds. The van der Waals surface area contributed by atoms with E-state index in [2.05, 4.69) is 36.0 Å². The monoisotopic (exact) mass is 612 g/mol. The fraction of sp³-hybridized carbons (Fsp3) is 0.759. The van der Waals surface area contributed by atoms with Gasteiger partial charge in [0.05, 0.1) is 35.8 Å². The largest absolute Gasteiger partial charge is 0.465 e. The number of ether oxygens (including phenoxy) is 1. The minimum absolute atomic E-state index is 0.0161. The summed E-state index contributed by atoms with van der Waals surface area (Å²) in [4.78, 5) is 45.7. The summed E-state index contributed by atoms with van der Waals surface area (Å²) >= 11 is 5.41. The highest BCUT2D eigenvalue weighted by Gasteiger charge is 2.76. The second-order valence-corrected chi connectivity index (χ2v) is 14.0. The summed E-state index contributed by atoms with van der Waals surface area (Å²) in [6.07, 6.45) is 8.43. The van der Waals surface area contributed by atoms with Gasteiger partial charge in [-0.25, -0.2) is 0 Å². The van der Waals surface area contributed by atoms with Crippen molar-refractivity contribution >= 4 is 45.5 Å². The summed E-state index contributed by atoms with van der Waals surface area (Å²) in [7, 11) is 0. The van der Waals surface area contributed by atoms with Gasteiger partial charge in [0.15, 0.2) is 0 Å². The van der Waals surface area contributed by atoms with Gasteiger partial charge in [0, 0.05) is 22.7 Å². The fourth-order valence-corrected chi connectivity index (χ4v) is 10.2. The third kappa shape index (κ3) is 5.62. The first kappa shape index (κ1) is 31.2. The van der Waals surface area contributed by atoms with Crippen molar-refractivity contribution in [3.05, 3.63) is 25.3 Å². The number of thioether (sulfide) groups is 1. The van der Waals surface area contributed by atoms with Gasteiger partial charge >= 0.3 is 5.97 Å². The van der Waals surface area contributed by atoms with Gasteiger partial charge in [0.1, 0.15) is 6.04 Å². The Hall–Kier alpha value is -1.32. The topological polar surface area (TPSA) is 87.1 Å². The molecule has 0 aromatic heterocycles. The SMILES string of the molecule is C=CCCCCOC(=O)[C@H]1[C@H]2C(=O)N([C@@H](CO)C(C)C)C(C(=O)N(CC=C)C(C)CCC)C23CC(Br)[C@@H]1S3. The number of hydrogen-bond acceptors (Lipinski definition) is 6. The Morgan fingerprint density at radius 3 is 2.58 bits per heavy atom. The van der Waals surface area contributed by atoms with Gasteiger partial charge in [-0.2, -0.15) is 0 Å². The quantitative estimate of drug-likeness (QED) is 0.126. The van der Waals surface area contributed by atoms with Crippen LogP contribution < -0.4 is 0 Å². The van der Waals surface area contributed by atoms with E-state index in [4.69, 9.17) is 4.74 Å². The number of fused-ring (bicyclic) bond motifs is 1. The van der Waals surface area contributed by atoms with E-state index in [1.165, 1.54) is 0 Å². The first-order chi connectivity index (χ1) is 18.1. The van der Waals surface area contributed by atoms with Crippen molar-refractivity contribution in [3.63, 3.8) is 0 Å². The molecule has 8 atom stereocenters. The number of aliphatic hydroxyl groups excluding tert-OH is 1. The van der Waals surface area contributed by atoms with Crippen LogP contribution in [0.25, 0.3) is 0 Å². The third-order valence-electron chi connectivity index (χ3n) is 8.44. The first-order valence-corrected chi connectivity index (χ1v) is 15.8. The molecule has 0 aliphatic carbocycles. The first-order valence-electron chi connectivity index (χ1n) is 14.0. The van der Waals surface area contributed by atoms with E-state index in [0.29, 0.717) is 19.6 Å². The van der Waals surface area contributed by atoms with Gasteiger partial charge in [-0.05, 0) is 44.9 Å². The smallest absolute Gasteiger partial charge is 0.310 e. The number of amides is 2. The van der Waals surface area contributed by atoms with Gasteiger partial charge in [-0.1, -0.05) is 55.3 Å². The summed E-state index contributed by atoms with van der Waals surface area (Å²) in [6, 6.07) is -1.31. The molecule has 3 aliphatic heterocycles. The van der Waals surface area contributed by atoms with Crippen LogP contribution in [0.3, 0.4) is 0 Å². The molecule has 0 aromatic carbocycles. The van der Waals surface area contributed by atoms with Crippen molar-refractivity contribution < 1.29 is 24.2 Å². The third-order valence-corrected chi connectivity index (χ3v) is 11.7. The molecule has 7 nitrogen and oxygen atoms in total. The molecule has 2 bridgehead atoms. The molecule has 3 rings (SSSR count). The zero-order valence-corrected chi connectivity index (χ0v) is 25.7. The number of hydrogen-bond donors (Lipinski definition) is 1. The maximum absolute atomic E-state index is 14.5. The molecule has 4 unspecified atom stereocenters. The lowest BCUT2D eigenvalue weighted by molar-refractivity contribution is -0.155. The molecule has 1 N–H and O–H groups in total. The van der Waals surface area contributed by atoms with Crippen molar-refractivity contribution in [2.45, 2.75) is 99.2 Å². The molecular formula is C29H45BrN2O5S. The number of rotatable bonds is 15. The van der Waals surface area contributed by atoms with Crippen LogP contribution >= 0.6 is 27.7 Å². The number of carbonyl (C=O) groups excluding carboxylic acids is 3. The van der Waals surface area contributed by atoms with E-state index in [1.807, 2.05) is 31.7 Å². The molecule has 0 aromatic rings. The summed E-state index contributed by atoms with van der Waals surface area (Å²) in [5, 5.41) is 10.3. The second-order valence-electron chi connectivity index (χ2n) is 11.3. The van der Waals surface area contributed by atoms with E-state index in [0.717, 1.165) is 32.1 Å². The summed E-state index contributed by atoms with van der Waals surface area (Å²) in [5.41, 5.74) is 0. The van der Waals surface area contributed by atoms with Crippen molar-refractivity contribution in [1.29, 1.82) is 0 Å². The Morgan fingerprint density at radius 1 is 1.29 bits per heavy atom. The van der Waals surface area contributed by atoms with Crippen LogP contribution in [0, 0.1) is 17.8 Å². The number of alkyl halides is 1. The molecule has 0 radical (unpaired) electrons. The standard InChI is InChI=1S/C29H45BrN2O5S/c1-7-10-11-12-15-37-28(36)22-23-26(34)32(21(17-33)18(4)5)25(29(23)16-20(30)24(22)38-29)27(35)31(14-9-3)19(6)13-8-2/h7,9,18-25,33H,1,3,8,10-17H2,2,4-6H3/t19?,20?,21-,22-,23-,24-,25?,29?/m0/s1. The maximum Gasteiger partial charge on any atom is 0.310 e. The number of halogens is 1. The molecule has 38 heavy (non-hydrogen) atoms. The lowest BCUT2D eigenvalue weighted by Gasteiger charge is -2.42. The van der Waals surface area contributed by atoms with Gasteiger partial charge in [0.2, 0.25) is 11.8 Å². The molecule has 3 heterocycles. The molecule has 9 heteroatoms. The maximum atomic E-state index is 14.5. The summed E-state index contributed by atoms with van der Waals surface area (Å²) in [6.45, 7) is 16.1. The van der Waals surface area contributed by atoms with Gasteiger partial charge in [-0.3, -0.25) is 14.4 Å². The zero-order chi connectivity index (χ0) is 28.2. The number of aliphatic hydroxyl groups is 1. The zero-order valence-electron chi connectivity index (χ0n) is 23.3. The summed E-state index contributed by atoms with van der Waals surface area (Å²) in [5.74, 6) is -2.02. The normalized spacial score (nSPS) is 31.3. The highest BCUT2D eigenvalue weighted by atomic mass is 79.9. The molecule has 3 aliphatic rings.